The summed E-state index contributed by atoms with van der Waals surface area (Å²) < 4.78 is 29.8. The first-order chi connectivity index (χ1) is 14.8. The number of aromatic nitrogens is 2. The van der Waals surface area contributed by atoms with E-state index in [9.17, 15) is 23.8 Å². The fourth-order valence-corrected chi connectivity index (χ4v) is 3.94. The topological polar surface area (TPSA) is 90.1 Å². The van der Waals surface area contributed by atoms with Crippen LogP contribution in [0.3, 0.4) is 0 Å². The molecule has 0 saturated carbocycles. The second-order valence-electron chi connectivity index (χ2n) is 8.11. The smallest absolute Gasteiger partial charge is 0.270 e. The van der Waals surface area contributed by atoms with Crippen molar-refractivity contribution in [2.75, 3.05) is 24.7 Å². The van der Waals surface area contributed by atoms with Crippen molar-refractivity contribution in [3.05, 3.63) is 65.6 Å². The van der Waals surface area contributed by atoms with Crippen LogP contribution < -0.4 is 10.2 Å². The van der Waals surface area contributed by atoms with Gasteiger partial charge in [0, 0.05) is 18.3 Å². The van der Waals surface area contributed by atoms with Crippen LogP contribution in [0.25, 0.3) is 5.65 Å². The number of hydrogen-bond donors (Lipinski definition) is 3. The van der Waals surface area contributed by atoms with Crippen molar-refractivity contribution in [1.82, 2.24) is 14.7 Å². The molecule has 3 N–H and O–H groups in total. The summed E-state index contributed by atoms with van der Waals surface area (Å²) in [7, 11) is 0. The molecule has 1 atom stereocenters. The highest BCUT2D eigenvalue weighted by Crippen LogP contribution is 2.37. The number of benzene rings is 1. The van der Waals surface area contributed by atoms with Gasteiger partial charge in [-0.2, -0.15) is 0 Å². The van der Waals surface area contributed by atoms with Gasteiger partial charge in [-0.3, -0.25) is 9.20 Å². The average Bonchev–Trinajstić information content (AvgIpc) is 3.42. The van der Waals surface area contributed by atoms with Crippen LogP contribution in [-0.2, 0) is 0 Å². The van der Waals surface area contributed by atoms with E-state index in [1.165, 1.54) is 19.2 Å². The molecule has 1 unspecified atom stereocenters. The van der Waals surface area contributed by atoms with Crippen LogP contribution in [0, 0.1) is 11.6 Å². The number of anilines is 1. The van der Waals surface area contributed by atoms with Crippen molar-refractivity contribution in [1.29, 1.82) is 0 Å². The Labute approximate surface area is 177 Å². The summed E-state index contributed by atoms with van der Waals surface area (Å²) in [6.07, 6.45) is 4.65. The highest BCUT2D eigenvalue weighted by atomic mass is 19.1. The molecule has 0 bridgehead atoms. The van der Waals surface area contributed by atoms with Crippen molar-refractivity contribution in [2.45, 2.75) is 31.3 Å². The molecule has 1 amide bonds. The molecule has 3 aromatic rings. The van der Waals surface area contributed by atoms with Crippen molar-refractivity contribution >= 4 is 17.2 Å². The minimum Gasteiger partial charge on any atom is -0.394 e. The standard InChI is InChI=1S/C22H24F2N4O3/c1-22(12-29,13-30)26-21(31)19-10-25-20-7-5-15(11-28(19)20)27-8-2-3-18(27)16-9-14(23)4-6-17(16)24/h4-7,9-11,18,29-30H,2-3,8,12-13H2,1H3,(H,26,31). The Balaban J connectivity index is 1.68. The Morgan fingerprint density at radius 2 is 2.03 bits per heavy atom. The third-order valence-electron chi connectivity index (χ3n) is 5.74. The van der Waals surface area contributed by atoms with E-state index in [-0.39, 0.29) is 11.7 Å². The summed E-state index contributed by atoms with van der Waals surface area (Å²) in [5.74, 6) is -1.43. The van der Waals surface area contributed by atoms with Gasteiger partial charge in [0.25, 0.3) is 5.91 Å². The van der Waals surface area contributed by atoms with E-state index in [1.807, 2.05) is 11.0 Å². The van der Waals surface area contributed by atoms with Crippen LogP contribution >= 0.6 is 0 Å². The minimum atomic E-state index is -1.17. The Morgan fingerprint density at radius 3 is 2.77 bits per heavy atom. The predicted molar refractivity (Wildman–Crippen MR) is 111 cm³/mol. The molecule has 1 saturated heterocycles. The SMILES string of the molecule is CC(CO)(CO)NC(=O)c1cnc2ccc(N3CCCC3c3cc(F)ccc3F)cn12. The predicted octanol–water partition coefficient (Wildman–Crippen LogP) is 2.43. The molecule has 31 heavy (non-hydrogen) atoms. The van der Waals surface area contributed by atoms with Crippen molar-refractivity contribution in [3.63, 3.8) is 0 Å². The van der Waals surface area contributed by atoms with E-state index in [2.05, 4.69) is 10.3 Å². The van der Waals surface area contributed by atoms with Crippen LogP contribution in [-0.4, -0.2) is 50.8 Å². The van der Waals surface area contributed by atoms with Gasteiger partial charge < -0.3 is 20.4 Å². The van der Waals surface area contributed by atoms with Gasteiger partial charge in [-0.05, 0) is 50.1 Å². The highest BCUT2D eigenvalue weighted by molar-refractivity contribution is 5.94. The average molecular weight is 430 g/mol. The number of rotatable bonds is 6. The molecular formula is C22H24F2N4O3. The molecule has 1 aliphatic rings. The second-order valence-corrected chi connectivity index (χ2v) is 8.11. The van der Waals surface area contributed by atoms with Crippen LogP contribution in [0.2, 0.25) is 0 Å². The molecule has 4 rings (SSSR count). The zero-order valence-corrected chi connectivity index (χ0v) is 17.1. The minimum absolute atomic E-state index is 0.234. The van der Waals surface area contributed by atoms with Crippen molar-refractivity contribution < 1.29 is 23.8 Å². The Morgan fingerprint density at radius 1 is 1.26 bits per heavy atom. The van der Waals surface area contributed by atoms with Crippen LogP contribution in [0.15, 0.2) is 42.7 Å². The number of carbonyl (C=O) groups excluding carboxylic acids is 1. The van der Waals surface area contributed by atoms with E-state index in [4.69, 9.17) is 0 Å². The summed E-state index contributed by atoms with van der Waals surface area (Å²) in [6, 6.07) is 6.75. The fourth-order valence-electron chi connectivity index (χ4n) is 3.94. The van der Waals surface area contributed by atoms with Gasteiger partial charge in [0.05, 0.1) is 36.7 Å². The Bertz CT molecular complexity index is 1110. The third kappa shape index (κ3) is 3.98. The first kappa shape index (κ1) is 21.2. The number of aliphatic hydroxyl groups is 2. The Hall–Kier alpha value is -3.04. The number of aliphatic hydroxyl groups excluding tert-OH is 2. The lowest BCUT2D eigenvalue weighted by Crippen LogP contribution is -2.52. The molecule has 1 aromatic carbocycles. The number of nitrogens with one attached hydrogen (secondary N) is 1. The number of carbonyl (C=O) groups is 1. The quantitative estimate of drug-likeness (QED) is 0.559. The summed E-state index contributed by atoms with van der Waals surface area (Å²) in [4.78, 5) is 19.0. The lowest BCUT2D eigenvalue weighted by Gasteiger charge is -2.28. The third-order valence-corrected chi connectivity index (χ3v) is 5.74. The summed E-state index contributed by atoms with van der Waals surface area (Å²) >= 11 is 0. The molecule has 0 radical (unpaired) electrons. The number of halogens is 2. The monoisotopic (exact) mass is 430 g/mol. The van der Waals surface area contributed by atoms with Crippen LogP contribution in [0.1, 0.15) is 41.9 Å². The van der Waals surface area contributed by atoms with Gasteiger partial charge in [-0.25, -0.2) is 13.8 Å². The summed E-state index contributed by atoms with van der Waals surface area (Å²) in [5, 5.41) is 21.5. The largest absolute Gasteiger partial charge is 0.394 e. The molecule has 7 nitrogen and oxygen atoms in total. The maximum Gasteiger partial charge on any atom is 0.270 e. The molecule has 1 fully saturated rings. The molecule has 3 heterocycles. The van der Waals surface area contributed by atoms with Crippen LogP contribution in [0.4, 0.5) is 14.5 Å². The molecule has 0 spiro atoms. The normalized spacial score (nSPS) is 16.8. The number of fused-ring (bicyclic) bond motifs is 1. The molecule has 9 heteroatoms. The Kier molecular flexibility index (Phi) is 5.63. The second kappa shape index (κ2) is 8.24. The number of amides is 1. The molecule has 2 aromatic heterocycles. The number of pyridine rings is 1. The zero-order valence-electron chi connectivity index (χ0n) is 17.1. The summed E-state index contributed by atoms with van der Waals surface area (Å²) in [5.41, 5.74) is 0.656. The van der Waals surface area contributed by atoms with Gasteiger partial charge in [-0.15, -0.1) is 0 Å². The van der Waals surface area contributed by atoms with E-state index >= 15 is 0 Å². The number of imidazole rings is 1. The molecular weight excluding hydrogens is 406 g/mol. The first-order valence-electron chi connectivity index (χ1n) is 10.1. The van der Waals surface area contributed by atoms with Crippen molar-refractivity contribution in [3.8, 4) is 0 Å². The van der Waals surface area contributed by atoms with Gasteiger partial charge in [0.2, 0.25) is 0 Å². The van der Waals surface area contributed by atoms with Gasteiger partial charge in [0.15, 0.2) is 0 Å². The first-order valence-corrected chi connectivity index (χ1v) is 10.1. The van der Waals surface area contributed by atoms with E-state index in [0.717, 1.165) is 24.2 Å². The molecule has 1 aliphatic heterocycles. The lowest BCUT2D eigenvalue weighted by atomic mass is 10.0. The zero-order chi connectivity index (χ0) is 22.2. The molecule has 0 aliphatic carbocycles. The fraction of sp³-hybridized carbons (Fsp3) is 0.364. The lowest BCUT2D eigenvalue weighted by molar-refractivity contribution is 0.0719. The van der Waals surface area contributed by atoms with E-state index < -0.39 is 36.3 Å². The van der Waals surface area contributed by atoms with Crippen molar-refractivity contribution in [2.24, 2.45) is 0 Å². The van der Waals surface area contributed by atoms with Gasteiger partial charge >= 0.3 is 0 Å². The van der Waals surface area contributed by atoms with E-state index in [1.54, 1.807) is 16.7 Å². The highest BCUT2D eigenvalue weighted by Gasteiger charge is 2.30. The molecule has 164 valence electrons. The van der Waals surface area contributed by atoms with E-state index in [0.29, 0.717) is 24.2 Å². The van der Waals surface area contributed by atoms with Crippen LogP contribution in [0.5, 0.6) is 0 Å². The number of hydrogen-bond acceptors (Lipinski definition) is 5. The maximum absolute atomic E-state index is 14.4. The van der Waals surface area contributed by atoms with Gasteiger partial charge in [0.1, 0.15) is 23.0 Å². The number of nitrogens with zero attached hydrogens (tertiary/aromatic N) is 3. The van der Waals surface area contributed by atoms with Gasteiger partial charge in [-0.1, -0.05) is 0 Å². The summed E-state index contributed by atoms with van der Waals surface area (Å²) in [6.45, 7) is 1.34. The maximum atomic E-state index is 14.4.